The van der Waals surface area contributed by atoms with Gasteiger partial charge in [0.05, 0.1) is 6.04 Å². The van der Waals surface area contributed by atoms with E-state index in [-0.39, 0.29) is 18.3 Å². The Morgan fingerprint density at radius 1 is 1.03 bits per heavy atom. The second-order valence-corrected chi connectivity index (χ2v) is 8.15. The topological polar surface area (TPSA) is 156 Å². The molecular weight excluding hydrogens is 409 g/mol. The molecule has 0 bridgehead atoms. The minimum Gasteiger partial charge on any atom is -0.370 e. The fourth-order valence-corrected chi connectivity index (χ4v) is 4.13. The monoisotopic (exact) mass is 430 g/mol. The van der Waals surface area contributed by atoms with Gasteiger partial charge in [0.1, 0.15) is 6.20 Å². The first kappa shape index (κ1) is 21.4. The van der Waals surface area contributed by atoms with E-state index in [9.17, 15) is 14.5 Å². The van der Waals surface area contributed by atoms with E-state index in [0.717, 1.165) is 4.68 Å². The van der Waals surface area contributed by atoms with Crippen molar-refractivity contribution < 1.29 is 23.5 Å². The van der Waals surface area contributed by atoms with Crippen LogP contribution in [0.3, 0.4) is 0 Å². The van der Waals surface area contributed by atoms with Crippen LogP contribution < -0.4 is 25.9 Å². The molecule has 30 heavy (non-hydrogen) atoms. The molecule has 0 saturated heterocycles. The van der Waals surface area contributed by atoms with Gasteiger partial charge in [-0.1, -0.05) is 41.6 Å². The second-order valence-electron chi connectivity index (χ2n) is 6.28. The van der Waals surface area contributed by atoms with Crippen LogP contribution in [0.15, 0.2) is 66.9 Å². The molecule has 1 aromatic heterocycles. The van der Waals surface area contributed by atoms with E-state index in [0.29, 0.717) is 11.5 Å². The molecule has 2 aromatic carbocycles. The average molecular weight is 430 g/mol. The Labute approximate surface area is 173 Å². The largest absolute Gasteiger partial charge is 0.555 e. The van der Waals surface area contributed by atoms with Crippen molar-refractivity contribution in [3.63, 3.8) is 0 Å². The Morgan fingerprint density at radius 2 is 1.57 bits per heavy atom. The summed E-state index contributed by atoms with van der Waals surface area (Å²) in [5.41, 5.74) is 10.9. The third-order valence-electron chi connectivity index (χ3n) is 3.99. The summed E-state index contributed by atoms with van der Waals surface area (Å²) in [6.07, 6.45) is 1.12. The van der Waals surface area contributed by atoms with Gasteiger partial charge in [-0.15, -0.1) is 9.78 Å². The molecule has 5 N–H and O–H groups in total. The number of benzene rings is 2. The molecule has 10 nitrogen and oxygen atoms in total. The summed E-state index contributed by atoms with van der Waals surface area (Å²) in [5, 5.41) is 7.47. The van der Waals surface area contributed by atoms with E-state index in [2.05, 4.69) is 10.3 Å². The second kappa shape index (κ2) is 9.45. The normalized spacial score (nSPS) is 12.2. The number of primary amides is 1. The molecule has 156 valence electrons. The molecular formula is C19H21N5O5P+. The molecule has 0 fully saturated rings. The van der Waals surface area contributed by atoms with Crippen molar-refractivity contribution in [1.82, 2.24) is 15.0 Å². The molecule has 11 heteroatoms. The fourth-order valence-electron chi connectivity index (χ4n) is 2.52. The minimum atomic E-state index is -3.92. The summed E-state index contributed by atoms with van der Waals surface area (Å²) in [7, 11) is -3.92. The predicted octanol–water partition coefficient (Wildman–Crippen LogP) is 1.05. The molecule has 3 rings (SSSR count). The van der Waals surface area contributed by atoms with Gasteiger partial charge in [0, 0.05) is 6.42 Å². The Bertz CT molecular complexity index is 957. The Morgan fingerprint density at radius 3 is 2.07 bits per heavy atom. The minimum absolute atomic E-state index is 0.0173. The van der Waals surface area contributed by atoms with Crippen molar-refractivity contribution in [2.24, 2.45) is 11.5 Å². The summed E-state index contributed by atoms with van der Waals surface area (Å²) >= 11 is 0. The first-order valence-corrected chi connectivity index (χ1v) is 10.6. The number of aromatic nitrogens is 3. The number of nitrogens with two attached hydrogens (primary N) is 2. The van der Waals surface area contributed by atoms with E-state index >= 15 is 0 Å². The zero-order valence-electron chi connectivity index (χ0n) is 15.9. The van der Waals surface area contributed by atoms with Gasteiger partial charge in [-0.25, -0.2) is 0 Å². The van der Waals surface area contributed by atoms with Crippen LogP contribution >= 0.6 is 7.94 Å². The third kappa shape index (κ3) is 5.18. The van der Waals surface area contributed by atoms with E-state index in [1.54, 1.807) is 60.7 Å². The maximum atomic E-state index is 12.8. The summed E-state index contributed by atoms with van der Waals surface area (Å²) < 4.78 is 12.4. The maximum absolute atomic E-state index is 12.8. The highest BCUT2D eigenvalue weighted by molar-refractivity contribution is 7.69. The fraction of sp³-hybridized carbons (Fsp3) is 0.158. The Hall–Kier alpha value is -3.33. The SMILES string of the molecule is NC(=O)CC[C@H](N)C(=O)n1nncc1[P+](O)(Oc1ccccc1)Oc1ccccc1. The van der Waals surface area contributed by atoms with Crippen LogP contribution in [-0.4, -0.2) is 37.7 Å². The predicted molar refractivity (Wildman–Crippen MR) is 110 cm³/mol. The van der Waals surface area contributed by atoms with Crippen LogP contribution in [0.1, 0.15) is 17.6 Å². The maximum Gasteiger partial charge on any atom is 0.555 e. The molecule has 0 saturated carbocycles. The standard InChI is InChI=1S/C19H20N5O5P/c20-16(11-12-17(21)25)19(26)24-18(13-22-23-24)30(27,28-14-7-3-1-4-8-14)29-15-9-5-2-6-10-15/h1-10,13,16,27H,11-12,20H2,(H-,21,25)/p+1/t16-/m0/s1. The van der Waals surface area contributed by atoms with Gasteiger partial charge in [0.15, 0.2) is 11.5 Å². The zero-order valence-corrected chi connectivity index (χ0v) is 16.8. The number of rotatable bonds is 9. The van der Waals surface area contributed by atoms with Gasteiger partial charge < -0.3 is 11.5 Å². The molecule has 1 heterocycles. The lowest BCUT2D eigenvalue weighted by atomic mass is 10.1. The summed E-state index contributed by atoms with van der Waals surface area (Å²) in [5.74, 6) is -0.624. The Balaban J connectivity index is 1.95. The van der Waals surface area contributed by atoms with Crippen molar-refractivity contribution in [2.45, 2.75) is 18.9 Å². The van der Waals surface area contributed by atoms with Crippen LogP contribution in [0.25, 0.3) is 0 Å². The lowest BCUT2D eigenvalue weighted by molar-refractivity contribution is -0.118. The molecule has 0 aliphatic rings. The zero-order chi connectivity index (χ0) is 21.6. The summed E-state index contributed by atoms with van der Waals surface area (Å²) in [6, 6.07) is 15.9. The number of amides is 1. The lowest BCUT2D eigenvalue weighted by Crippen LogP contribution is -2.41. The van der Waals surface area contributed by atoms with E-state index < -0.39 is 25.8 Å². The van der Waals surface area contributed by atoms with Gasteiger partial charge >= 0.3 is 13.4 Å². The summed E-state index contributed by atoms with van der Waals surface area (Å²) in [4.78, 5) is 35.2. The van der Waals surface area contributed by atoms with E-state index in [4.69, 9.17) is 20.5 Å². The molecule has 0 unspecified atom stereocenters. The highest BCUT2D eigenvalue weighted by Crippen LogP contribution is 2.54. The first-order chi connectivity index (χ1) is 14.4. The highest BCUT2D eigenvalue weighted by Gasteiger charge is 2.53. The van der Waals surface area contributed by atoms with Gasteiger partial charge in [-0.3, -0.25) is 18.6 Å². The lowest BCUT2D eigenvalue weighted by Gasteiger charge is -2.18. The molecule has 1 atom stereocenters. The van der Waals surface area contributed by atoms with Gasteiger partial charge in [0.2, 0.25) is 5.91 Å². The number of nitrogens with zero attached hydrogens (tertiary/aromatic N) is 3. The summed E-state index contributed by atoms with van der Waals surface area (Å²) in [6.45, 7) is 0. The molecule has 0 spiro atoms. The molecule has 1 amide bonds. The van der Waals surface area contributed by atoms with Crippen molar-refractivity contribution in [3.8, 4) is 11.5 Å². The number of carbonyl (C=O) groups is 2. The quantitative estimate of drug-likeness (QED) is 0.425. The number of hydrogen-bond acceptors (Lipinski definition) is 8. The molecule has 0 aliphatic carbocycles. The van der Waals surface area contributed by atoms with E-state index in [1.807, 2.05) is 0 Å². The van der Waals surface area contributed by atoms with Crippen LogP contribution in [0, 0.1) is 0 Å². The van der Waals surface area contributed by atoms with Crippen LogP contribution in [-0.2, 0) is 4.79 Å². The first-order valence-electron chi connectivity index (χ1n) is 8.99. The van der Waals surface area contributed by atoms with Crippen LogP contribution in [0.2, 0.25) is 0 Å². The number of hydrogen-bond donors (Lipinski definition) is 3. The van der Waals surface area contributed by atoms with Gasteiger partial charge in [0.25, 0.3) is 5.91 Å². The van der Waals surface area contributed by atoms with Crippen molar-refractivity contribution in [1.29, 1.82) is 0 Å². The average Bonchev–Trinajstić information content (AvgIpc) is 3.23. The smallest absolute Gasteiger partial charge is 0.370 e. The van der Waals surface area contributed by atoms with Gasteiger partial charge in [-0.05, 0) is 30.7 Å². The Kier molecular flexibility index (Phi) is 6.73. The van der Waals surface area contributed by atoms with Gasteiger partial charge in [-0.2, -0.15) is 4.89 Å². The number of para-hydroxylation sites is 2. The third-order valence-corrected chi connectivity index (χ3v) is 5.79. The van der Waals surface area contributed by atoms with E-state index in [1.165, 1.54) is 6.20 Å². The number of carbonyl (C=O) groups excluding carboxylic acids is 2. The van der Waals surface area contributed by atoms with Crippen LogP contribution in [0.5, 0.6) is 11.5 Å². The van der Waals surface area contributed by atoms with Crippen molar-refractivity contribution in [2.75, 3.05) is 0 Å². The van der Waals surface area contributed by atoms with Crippen LogP contribution in [0.4, 0.5) is 0 Å². The molecule has 3 aromatic rings. The molecule has 0 radical (unpaired) electrons. The highest BCUT2D eigenvalue weighted by atomic mass is 31.2. The van der Waals surface area contributed by atoms with Crippen molar-refractivity contribution >= 4 is 25.2 Å². The molecule has 0 aliphatic heterocycles. The van der Waals surface area contributed by atoms with Crippen molar-refractivity contribution in [3.05, 3.63) is 66.9 Å².